The topological polar surface area (TPSA) is 44.8 Å². The van der Waals surface area contributed by atoms with E-state index in [1.807, 2.05) is 0 Å². The van der Waals surface area contributed by atoms with Gasteiger partial charge in [-0.15, -0.1) is 0 Å². The number of carbonyl (C=O) groups excluding carboxylic acids is 1. The minimum absolute atomic E-state index is 0.513. The molecule has 0 aromatic rings. The molecule has 0 radical (unpaired) electrons. The predicted octanol–water partition coefficient (Wildman–Crippen LogP) is 10.2. The van der Waals surface area contributed by atoms with E-state index in [0.29, 0.717) is 13.2 Å². The fourth-order valence-corrected chi connectivity index (χ4v) is 4.25. The number of cyclic esters (lactones) is 2. The van der Waals surface area contributed by atoms with Gasteiger partial charge in [0.15, 0.2) is 0 Å². The van der Waals surface area contributed by atoms with Gasteiger partial charge in [-0.2, -0.15) is 0 Å². The van der Waals surface area contributed by atoms with E-state index in [2.05, 4.69) is 23.3 Å². The van der Waals surface area contributed by atoms with Gasteiger partial charge in [0.25, 0.3) is 0 Å². The highest BCUT2D eigenvalue weighted by Gasteiger charge is 2.07. The Hall–Kier alpha value is -0.770. The van der Waals surface area contributed by atoms with Crippen molar-refractivity contribution in [1.29, 1.82) is 0 Å². The molecule has 0 aliphatic carbocycles. The van der Waals surface area contributed by atoms with Gasteiger partial charge in [-0.25, -0.2) is 4.79 Å². The van der Waals surface area contributed by atoms with Crippen LogP contribution >= 0.6 is 0 Å². The van der Waals surface area contributed by atoms with Gasteiger partial charge in [-0.3, -0.25) is 0 Å². The fourth-order valence-electron chi connectivity index (χ4n) is 4.25. The van der Waals surface area contributed by atoms with Gasteiger partial charge in [0.1, 0.15) is 0 Å². The highest BCUT2D eigenvalue weighted by atomic mass is 16.7. The number of ether oxygens (including phenoxy) is 3. The van der Waals surface area contributed by atoms with Gasteiger partial charge < -0.3 is 14.2 Å². The standard InChI is InChI=1S/C26H54O.C4H6O3/c1-3-5-7-9-11-13-15-17-19-21-23-25-27-26-24-22-20-18-16-14-12-10-8-6-4-2;5-4-6-2-1-3-7-4/h3-26H2,1-2H3;1-3H2. The fraction of sp³-hybridized carbons (Fsp3) is 0.967. The first-order valence-electron chi connectivity index (χ1n) is 15.2. The Bertz CT molecular complexity index is 354. The summed E-state index contributed by atoms with van der Waals surface area (Å²) in [4.78, 5) is 10.0. The van der Waals surface area contributed by atoms with E-state index < -0.39 is 6.16 Å². The molecule has 1 fully saturated rings. The summed E-state index contributed by atoms with van der Waals surface area (Å²) in [6.45, 7) is 7.60. The van der Waals surface area contributed by atoms with E-state index in [-0.39, 0.29) is 0 Å². The molecule has 0 amide bonds. The van der Waals surface area contributed by atoms with E-state index >= 15 is 0 Å². The van der Waals surface area contributed by atoms with Crippen LogP contribution in [0.2, 0.25) is 0 Å². The largest absolute Gasteiger partial charge is 0.508 e. The molecule has 1 aliphatic rings. The highest BCUT2D eigenvalue weighted by molar-refractivity contribution is 5.60. The summed E-state index contributed by atoms with van der Waals surface area (Å²) in [5.74, 6) is 0. The summed E-state index contributed by atoms with van der Waals surface area (Å²) in [7, 11) is 0. The smallest absolute Gasteiger partial charge is 0.434 e. The van der Waals surface area contributed by atoms with E-state index in [4.69, 9.17) is 4.74 Å². The summed E-state index contributed by atoms with van der Waals surface area (Å²) >= 11 is 0. The van der Waals surface area contributed by atoms with Crippen LogP contribution in [0.3, 0.4) is 0 Å². The first-order chi connectivity index (χ1) is 16.8. The first kappa shape index (κ1) is 33.2. The molecule has 34 heavy (non-hydrogen) atoms. The highest BCUT2D eigenvalue weighted by Crippen LogP contribution is 2.12. The number of hydrogen-bond acceptors (Lipinski definition) is 4. The Balaban J connectivity index is 0.00000131. The molecule has 0 aromatic heterocycles. The maximum absolute atomic E-state index is 10.0. The molecule has 0 N–H and O–H groups in total. The van der Waals surface area contributed by atoms with E-state index in [1.54, 1.807) is 0 Å². The minimum atomic E-state index is -0.536. The Morgan fingerprint density at radius 2 is 0.794 bits per heavy atom. The molecule has 1 rings (SSSR count). The Morgan fingerprint density at radius 1 is 0.500 bits per heavy atom. The monoisotopic (exact) mass is 484 g/mol. The second kappa shape index (κ2) is 30.3. The maximum Gasteiger partial charge on any atom is 0.508 e. The molecule has 0 atom stereocenters. The van der Waals surface area contributed by atoms with Crippen LogP contribution in [0.25, 0.3) is 0 Å². The lowest BCUT2D eigenvalue weighted by atomic mass is 10.1. The molecule has 204 valence electrons. The molecule has 4 nitrogen and oxygen atoms in total. The van der Waals surface area contributed by atoms with Crippen molar-refractivity contribution in [3.05, 3.63) is 0 Å². The van der Waals surface area contributed by atoms with Crippen LogP contribution in [0, 0.1) is 0 Å². The van der Waals surface area contributed by atoms with E-state index in [9.17, 15) is 4.79 Å². The molecule has 0 unspecified atom stereocenters. The van der Waals surface area contributed by atoms with Crippen molar-refractivity contribution in [2.24, 2.45) is 0 Å². The van der Waals surface area contributed by atoms with Gasteiger partial charge >= 0.3 is 6.16 Å². The zero-order valence-electron chi connectivity index (χ0n) is 23.2. The van der Waals surface area contributed by atoms with Crippen molar-refractivity contribution < 1.29 is 19.0 Å². The molecular formula is C30H60O4. The Morgan fingerprint density at radius 3 is 1.06 bits per heavy atom. The van der Waals surface area contributed by atoms with Crippen molar-refractivity contribution in [1.82, 2.24) is 0 Å². The van der Waals surface area contributed by atoms with Crippen LogP contribution in [0.5, 0.6) is 0 Å². The van der Waals surface area contributed by atoms with E-state index in [1.165, 1.54) is 141 Å². The maximum atomic E-state index is 10.0. The third-order valence-corrected chi connectivity index (χ3v) is 6.51. The van der Waals surface area contributed by atoms with Crippen LogP contribution in [-0.2, 0) is 14.2 Å². The van der Waals surface area contributed by atoms with Crippen molar-refractivity contribution in [3.8, 4) is 0 Å². The van der Waals surface area contributed by atoms with E-state index in [0.717, 1.165) is 19.6 Å². The summed E-state index contributed by atoms with van der Waals surface area (Å²) in [6, 6.07) is 0. The molecule has 0 bridgehead atoms. The first-order valence-corrected chi connectivity index (χ1v) is 15.2. The van der Waals surface area contributed by atoms with Crippen molar-refractivity contribution in [2.45, 2.75) is 162 Å². The van der Waals surface area contributed by atoms with Crippen molar-refractivity contribution >= 4 is 6.16 Å². The predicted molar refractivity (Wildman–Crippen MR) is 146 cm³/mol. The minimum Gasteiger partial charge on any atom is -0.434 e. The second-order valence-corrected chi connectivity index (χ2v) is 9.98. The number of unbranched alkanes of at least 4 members (excludes halogenated alkanes) is 20. The lowest BCUT2D eigenvalue weighted by Gasteiger charge is -2.09. The molecule has 1 saturated heterocycles. The lowest BCUT2D eigenvalue weighted by Crippen LogP contribution is -2.16. The number of carbonyl (C=O) groups is 1. The average Bonchev–Trinajstić information content (AvgIpc) is 2.85. The van der Waals surface area contributed by atoms with Gasteiger partial charge in [-0.1, -0.05) is 142 Å². The third-order valence-electron chi connectivity index (χ3n) is 6.51. The summed E-state index contributed by atoms with van der Waals surface area (Å²) < 4.78 is 14.6. The average molecular weight is 485 g/mol. The summed E-state index contributed by atoms with van der Waals surface area (Å²) in [5.41, 5.74) is 0. The SMILES string of the molecule is CCCCCCCCCCCCCOCCCCCCCCCCCCC.O=C1OCCCO1. The number of rotatable bonds is 24. The second-order valence-electron chi connectivity index (χ2n) is 9.98. The van der Waals surface area contributed by atoms with Gasteiger partial charge in [0.2, 0.25) is 0 Å². The molecule has 0 saturated carbocycles. The quantitative estimate of drug-likeness (QED) is 0.101. The van der Waals surface area contributed by atoms with Crippen LogP contribution in [-0.4, -0.2) is 32.6 Å². The third kappa shape index (κ3) is 29.3. The van der Waals surface area contributed by atoms with Gasteiger partial charge in [0, 0.05) is 19.6 Å². The molecule has 1 aliphatic heterocycles. The van der Waals surface area contributed by atoms with Crippen LogP contribution < -0.4 is 0 Å². The molecule has 1 heterocycles. The van der Waals surface area contributed by atoms with Gasteiger partial charge in [-0.05, 0) is 12.8 Å². The number of hydrogen-bond donors (Lipinski definition) is 0. The van der Waals surface area contributed by atoms with Crippen LogP contribution in [0.1, 0.15) is 162 Å². The molecule has 0 aromatic carbocycles. The Kier molecular flexibility index (Phi) is 29.6. The van der Waals surface area contributed by atoms with Crippen LogP contribution in [0.15, 0.2) is 0 Å². The molecule has 4 heteroatoms. The summed E-state index contributed by atoms with van der Waals surface area (Å²) in [6.07, 6.45) is 31.4. The van der Waals surface area contributed by atoms with Gasteiger partial charge in [0.05, 0.1) is 13.2 Å². The Labute approximate surface area is 213 Å². The molecule has 0 spiro atoms. The van der Waals surface area contributed by atoms with Crippen LogP contribution in [0.4, 0.5) is 4.79 Å². The molecular weight excluding hydrogens is 424 g/mol. The van der Waals surface area contributed by atoms with Crippen molar-refractivity contribution in [3.63, 3.8) is 0 Å². The van der Waals surface area contributed by atoms with Crippen molar-refractivity contribution in [2.75, 3.05) is 26.4 Å². The summed E-state index contributed by atoms with van der Waals surface area (Å²) in [5, 5.41) is 0. The zero-order chi connectivity index (χ0) is 24.8. The normalized spacial score (nSPS) is 13.2. The lowest BCUT2D eigenvalue weighted by molar-refractivity contribution is 0.0192. The zero-order valence-corrected chi connectivity index (χ0v) is 23.2.